The van der Waals surface area contributed by atoms with Gasteiger partial charge in [0.25, 0.3) is 0 Å². The van der Waals surface area contributed by atoms with Gasteiger partial charge < -0.3 is 19.9 Å². The van der Waals surface area contributed by atoms with E-state index in [0.29, 0.717) is 11.5 Å². The molecule has 3 rings (SSSR count). The van der Waals surface area contributed by atoms with Gasteiger partial charge in [-0.3, -0.25) is 4.98 Å². The summed E-state index contributed by atoms with van der Waals surface area (Å²) in [6.07, 6.45) is -1.31. The minimum atomic E-state index is -4.73. The predicted molar refractivity (Wildman–Crippen MR) is 114 cm³/mol. The van der Waals surface area contributed by atoms with Crippen LogP contribution in [0.4, 0.5) is 30.6 Å². The molecule has 12 heteroatoms. The fourth-order valence-corrected chi connectivity index (χ4v) is 3.83. The van der Waals surface area contributed by atoms with Gasteiger partial charge in [-0.1, -0.05) is 12.1 Å². The van der Waals surface area contributed by atoms with Gasteiger partial charge in [0.15, 0.2) is 6.73 Å². The van der Waals surface area contributed by atoms with E-state index in [1.54, 1.807) is 24.3 Å². The SMILES string of the molecule is CP(C)(=O)c1ccccc1Nc1nc(NCOC(=O)c2cccnc2)ncc1C(F)(F)F. The van der Waals surface area contributed by atoms with Crippen LogP contribution in [-0.4, -0.2) is 41.0 Å². The fraction of sp³-hybridized carbons (Fsp3) is 0.200. The first-order valence-corrected chi connectivity index (χ1v) is 11.8. The Morgan fingerprint density at radius 1 is 1.12 bits per heavy atom. The second-order valence-electron chi connectivity index (χ2n) is 6.94. The lowest BCUT2D eigenvalue weighted by atomic mass is 10.2. The number of hydrogen-bond acceptors (Lipinski definition) is 8. The topological polar surface area (TPSA) is 106 Å². The Labute approximate surface area is 181 Å². The number of ether oxygens (including phenoxy) is 1. The summed E-state index contributed by atoms with van der Waals surface area (Å²) in [7, 11) is -2.78. The van der Waals surface area contributed by atoms with Crippen molar-refractivity contribution in [2.75, 3.05) is 30.7 Å². The van der Waals surface area contributed by atoms with E-state index in [9.17, 15) is 22.5 Å². The molecule has 0 fully saturated rings. The van der Waals surface area contributed by atoms with Crippen LogP contribution in [0.2, 0.25) is 0 Å². The number of carbonyl (C=O) groups excluding carboxylic acids is 1. The molecule has 3 aromatic rings. The minimum absolute atomic E-state index is 0.201. The fourth-order valence-electron chi connectivity index (χ4n) is 2.68. The normalized spacial score (nSPS) is 11.7. The van der Waals surface area contributed by atoms with E-state index in [0.717, 1.165) is 0 Å². The molecule has 1 aromatic carbocycles. The van der Waals surface area contributed by atoms with E-state index in [2.05, 4.69) is 25.6 Å². The summed E-state index contributed by atoms with van der Waals surface area (Å²) in [6.45, 7) is 2.65. The molecule has 8 nitrogen and oxygen atoms in total. The zero-order valence-electron chi connectivity index (χ0n) is 17.1. The molecule has 168 valence electrons. The Balaban J connectivity index is 1.82. The molecule has 0 amide bonds. The number of alkyl halides is 3. The van der Waals surface area contributed by atoms with Gasteiger partial charge in [0.05, 0.1) is 11.3 Å². The molecule has 0 aliphatic carbocycles. The number of halogens is 3. The molecular weight excluding hydrogens is 446 g/mol. The number of benzene rings is 1. The van der Waals surface area contributed by atoms with Crippen LogP contribution in [0.25, 0.3) is 0 Å². The molecule has 2 N–H and O–H groups in total. The van der Waals surface area contributed by atoms with Crippen LogP contribution in [0.3, 0.4) is 0 Å². The van der Waals surface area contributed by atoms with Gasteiger partial charge in [0.1, 0.15) is 18.5 Å². The second kappa shape index (κ2) is 9.35. The van der Waals surface area contributed by atoms with Gasteiger partial charge in [-0.15, -0.1) is 0 Å². The van der Waals surface area contributed by atoms with Gasteiger partial charge in [0, 0.05) is 23.9 Å². The Bertz CT molecular complexity index is 1150. The lowest BCUT2D eigenvalue weighted by Gasteiger charge is -2.18. The summed E-state index contributed by atoms with van der Waals surface area (Å²) in [6, 6.07) is 9.41. The van der Waals surface area contributed by atoms with Crippen molar-refractivity contribution >= 4 is 35.9 Å². The van der Waals surface area contributed by atoms with Crippen molar-refractivity contribution in [1.82, 2.24) is 15.0 Å². The molecule has 0 unspecified atom stereocenters. The van der Waals surface area contributed by atoms with E-state index < -0.39 is 30.7 Å². The number of carbonyl (C=O) groups is 1. The third-order valence-corrected chi connectivity index (χ3v) is 5.71. The van der Waals surface area contributed by atoms with Crippen molar-refractivity contribution in [1.29, 1.82) is 0 Å². The molecule has 32 heavy (non-hydrogen) atoms. The molecular formula is C20H19F3N5O3P. The first-order chi connectivity index (χ1) is 15.1. The number of pyridine rings is 1. The molecule has 0 saturated carbocycles. The molecule has 2 aromatic heterocycles. The van der Waals surface area contributed by atoms with Crippen LogP contribution < -0.4 is 15.9 Å². The molecule has 0 aliphatic heterocycles. The first-order valence-electron chi connectivity index (χ1n) is 9.22. The monoisotopic (exact) mass is 465 g/mol. The van der Waals surface area contributed by atoms with Crippen LogP contribution in [0.5, 0.6) is 0 Å². The number of hydrogen-bond donors (Lipinski definition) is 2. The number of nitrogens with one attached hydrogen (secondary N) is 2. The largest absolute Gasteiger partial charge is 0.441 e. The van der Waals surface area contributed by atoms with Crippen molar-refractivity contribution in [2.45, 2.75) is 6.18 Å². The first kappa shape index (κ1) is 23.2. The lowest BCUT2D eigenvalue weighted by molar-refractivity contribution is -0.137. The van der Waals surface area contributed by atoms with Crippen LogP contribution in [0, 0.1) is 0 Å². The number of anilines is 3. The predicted octanol–water partition coefficient (Wildman–Crippen LogP) is 4.11. The Morgan fingerprint density at radius 3 is 2.53 bits per heavy atom. The zero-order chi connectivity index (χ0) is 23.4. The van der Waals surface area contributed by atoms with Gasteiger partial charge in [-0.2, -0.15) is 18.2 Å². The van der Waals surface area contributed by atoms with E-state index in [4.69, 9.17) is 4.74 Å². The Hall–Kier alpha value is -3.46. The number of nitrogens with zero attached hydrogens (tertiary/aromatic N) is 3. The zero-order valence-corrected chi connectivity index (χ0v) is 17.9. The number of esters is 1. The van der Waals surface area contributed by atoms with E-state index in [-0.39, 0.29) is 23.9 Å². The highest BCUT2D eigenvalue weighted by Crippen LogP contribution is 2.40. The molecule has 0 saturated heterocycles. The maximum Gasteiger partial charge on any atom is 0.421 e. The van der Waals surface area contributed by atoms with E-state index >= 15 is 0 Å². The van der Waals surface area contributed by atoms with Crippen LogP contribution in [0.15, 0.2) is 55.0 Å². The number of aromatic nitrogens is 3. The summed E-state index contributed by atoms with van der Waals surface area (Å²) in [5, 5.41) is 5.55. The third kappa shape index (κ3) is 5.82. The van der Waals surface area contributed by atoms with Crippen molar-refractivity contribution in [3.05, 3.63) is 66.1 Å². The van der Waals surface area contributed by atoms with Crippen molar-refractivity contribution in [3.8, 4) is 0 Å². The highest BCUT2D eigenvalue weighted by atomic mass is 31.2. The second-order valence-corrected chi connectivity index (χ2v) is 10.1. The summed E-state index contributed by atoms with van der Waals surface area (Å²) < 4.78 is 58.0. The van der Waals surface area contributed by atoms with Crippen LogP contribution in [0.1, 0.15) is 15.9 Å². The average molecular weight is 465 g/mol. The number of para-hydroxylation sites is 1. The molecule has 2 heterocycles. The highest BCUT2D eigenvalue weighted by molar-refractivity contribution is 7.70. The third-order valence-electron chi connectivity index (χ3n) is 4.16. The highest BCUT2D eigenvalue weighted by Gasteiger charge is 2.35. The Kier molecular flexibility index (Phi) is 6.78. The van der Waals surface area contributed by atoms with Crippen LogP contribution in [-0.2, 0) is 15.5 Å². The van der Waals surface area contributed by atoms with Gasteiger partial charge in [0.2, 0.25) is 5.95 Å². The van der Waals surface area contributed by atoms with E-state index in [1.807, 2.05) is 0 Å². The summed E-state index contributed by atoms with van der Waals surface area (Å²) in [5.74, 6) is -1.41. The summed E-state index contributed by atoms with van der Waals surface area (Å²) in [5.41, 5.74) is -0.656. The van der Waals surface area contributed by atoms with Gasteiger partial charge in [-0.05, 0) is 37.6 Å². The maximum atomic E-state index is 13.5. The Morgan fingerprint density at radius 2 is 1.88 bits per heavy atom. The van der Waals surface area contributed by atoms with E-state index in [1.165, 1.54) is 37.9 Å². The molecule has 0 aliphatic rings. The molecule has 0 spiro atoms. The molecule has 0 radical (unpaired) electrons. The average Bonchev–Trinajstić information content (AvgIpc) is 2.73. The van der Waals surface area contributed by atoms with Crippen molar-refractivity contribution in [2.24, 2.45) is 0 Å². The van der Waals surface area contributed by atoms with Gasteiger partial charge >= 0.3 is 12.1 Å². The van der Waals surface area contributed by atoms with Crippen molar-refractivity contribution < 1.29 is 27.3 Å². The van der Waals surface area contributed by atoms with Crippen molar-refractivity contribution in [3.63, 3.8) is 0 Å². The quantitative estimate of drug-likeness (QED) is 0.305. The summed E-state index contributed by atoms with van der Waals surface area (Å²) >= 11 is 0. The van der Waals surface area contributed by atoms with Crippen LogP contribution >= 0.6 is 7.14 Å². The molecule has 0 bridgehead atoms. The standard InChI is InChI=1S/C20H19F3N5O3P/c1-32(2,30)16-8-4-3-7-15(16)27-17-14(20(21,22)23)11-25-19(28-17)26-12-31-18(29)13-6-5-9-24-10-13/h3-11H,12H2,1-2H3,(H2,25,26,27,28). The lowest BCUT2D eigenvalue weighted by Crippen LogP contribution is -2.18. The smallest absolute Gasteiger partial charge is 0.421 e. The van der Waals surface area contributed by atoms with Gasteiger partial charge in [-0.25, -0.2) is 9.78 Å². The summed E-state index contributed by atoms with van der Waals surface area (Å²) in [4.78, 5) is 23.3. The number of rotatable bonds is 7. The maximum absolute atomic E-state index is 13.5. The molecule has 0 atom stereocenters. The minimum Gasteiger partial charge on any atom is -0.441 e.